The molecule has 0 atom stereocenters. The van der Waals surface area contributed by atoms with Crippen molar-refractivity contribution in [3.8, 4) is 11.5 Å². The molecule has 0 bridgehead atoms. The number of carbonyl (C=O) groups is 4. The normalized spacial score (nSPS) is 11.9. The van der Waals surface area contributed by atoms with E-state index in [0.717, 1.165) is 25.3 Å². The highest BCUT2D eigenvalue weighted by molar-refractivity contribution is 6.30. The summed E-state index contributed by atoms with van der Waals surface area (Å²) in [6, 6.07) is 9.82. The average Bonchev–Trinajstić information content (AvgIpc) is 2.92. The van der Waals surface area contributed by atoms with Crippen molar-refractivity contribution in [2.24, 2.45) is 5.84 Å². The molecule has 0 fully saturated rings. The van der Waals surface area contributed by atoms with Crippen LogP contribution in [0.2, 0.25) is 0 Å². The van der Waals surface area contributed by atoms with Crippen molar-refractivity contribution in [3.05, 3.63) is 82.0 Å². The molecule has 3 aromatic rings. The molecule has 0 saturated carbocycles. The number of nitrogens with two attached hydrogens (primary N) is 1. The molecule has 1 aromatic heterocycles. The van der Waals surface area contributed by atoms with Crippen LogP contribution in [-0.2, 0) is 0 Å². The number of aromatic nitrogens is 1. The average molecular weight is 518 g/mol. The second-order valence-electron chi connectivity index (χ2n) is 8.78. The van der Waals surface area contributed by atoms with Crippen molar-refractivity contribution in [2.45, 2.75) is 25.7 Å². The Morgan fingerprint density at radius 3 is 2.05 bits per heavy atom. The van der Waals surface area contributed by atoms with Crippen LogP contribution in [0.15, 0.2) is 48.7 Å². The minimum atomic E-state index is -0.674. The lowest BCUT2D eigenvalue weighted by Gasteiger charge is -2.20. The zero-order valence-electron chi connectivity index (χ0n) is 20.4. The van der Waals surface area contributed by atoms with Gasteiger partial charge < -0.3 is 26.3 Å². The largest absolute Gasteiger partial charge is 0.507 e. The van der Waals surface area contributed by atoms with Crippen LogP contribution >= 0.6 is 0 Å². The maximum absolute atomic E-state index is 12.9. The van der Waals surface area contributed by atoms with Gasteiger partial charge in [0.25, 0.3) is 11.8 Å². The van der Waals surface area contributed by atoms with E-state index in [0.29, 0.717) is 30.9 Å². The van der Waals surface area contributed by atoms with E-state index in [1.165, 1.54) is 30.5 Å². The number of rotatable bonds is 10. The summed E-state index contributed by atoms with van der Waals surface area (Å²) in [4.78, 5) is 54.5. The molecular weight excluding hydrogens is 490 g/mol. The fraction of sp³-hybridized carbons (Fsp3) is 0.222. The summed E-state index contributed by atoms with van der Waals surface area (Å²) < 4.78 is 0. The number of hydrogen-bond donors (Lipinski definition) is 6. The van der Waals surface area contributed by atoms with Gasteiger partial charge in [-0.1, -0.05) is 25.0 Å². The molecule has 0 radical (unpaired) electrons. The van der Waals surface area contributed by atoms with Gasteiger partial charge in [-0.15, -0.1) is 0 Å². The van der Waals surface area contributed by atoms with Gasteiger partial charge in [-0.05, 0) is 43.2 Å². The molecule has 0 aliphatic heterocycles. The van der Waals surface area contributed by atoms with Crippen molar-refractivity contribution in [1.29, 1.82) is 0 Å². The third kappa shape index (κ3) is 5.47. The van der Waals surface area contributed by atoms with Crippen molar-refractivity contribution in [3.63, 3.8) is 0 Å². The van der Waals surface area contributed by atoms with Gasteiger partial charge >= 0.3 is 0 Å². The van der Waals surface area contributed by atoms with Crippen LogP contribution in [0.1, 0.15) is 78.2 Å². The summed E-state index contributed by atoms with van der Waals surface area (Å²) in [6.07, 6.45) is 4.55. The monoisotopic (exact) mass is 517 g/mol. The smallest absolute Gasteiger partial charge is 0.252 e. The molecule has 1 aliphatic rings. The molecule has 11 nitrogen and oxygen atoms in total. The molecule has 0 spiro atoms. The van der Waals surface area contributed by atoms with E-state index >= 15 is 0 Å². The number of unbranched alkanes of at least 4 members (excludes halogenated alkanes) is 3. The zero-order valence-corrected chi connectivity index (χ0v) is 20.4. The van der Waals surface area contributed by atoms with Gasteiger partial charge in [-0.25, -0.2) is 10.8 Å². The fourth-order valence-electron chi connectivity index (χ4n) is 4.24. The summed E-state index contributed by atoms with van der Waals surface area (Å²) >= 11 is 0. The minimum absolute atomic E-state index is 0.0223. The second-order valence-corrected chi connectivity index (χ2v) is 8.78. The number of benzene rings is 2. The van der Waals surface area contributed by atoms with Gasteiger partial charge in [-0.3, -0.25) is 19.2 Å². The summed E-state index contributed by atoms with van der Waals surface area (Å²) in [5.41, 5.74) is 2.44. The number of amides is 2. The van der Waals surface area contributed by atoms with Crippen LogP contribution in [0.3, 0.4) is 0 Å². The van der Waals surface area contributed by atoms with E-state index in [2.05, 4.69) is 21.0 Å². The van der Waals surface area contributed by atoms with E-state index in [1.54, 1.807) is 12.1 Å². The van der Waals surface area contributed by atoms with Crippen LogP contribution < -0.4 is 21.9 Å². The third-order valence-corrected chi connectivity index (χ3v) is 6.21. The Balaban J connectivity index is 1.23. The van der Waals surface area contributed by atoms with Gasteiger partial charge in [0.15, 0.2) is 5.78 Å². The van der Waals surface area contributed by atoms with E-state index in [4.69, 9.17) is 5.84 Å². The molecule has 11 heteroatoms. The van der Waals surface area contributed by atoms with Crippen LogP contribution in [0.25, 0.3) is 0 Å². The highest BCUT2D eigenvalue weighted by Gasteiger charge is 2.35. The summed E-state index contributed by atoms with van der Waals surface area (Å²) in [6.45, 7) is 0.879. The van der Waals surface area contributed by atoms with Crippen LogP contribution in [0.4, 0.5) is 5.82 Å². The molecule has 1 heterocycles. The van der Waals surface area contributed by atoms with Gasteiger partial charge in [0.1, 0.15) is 17.3 Å². The Bertz CT molecular complexity index is 1400. The molecule has 0 saturated heterocycles. The molecule has 2 amide bonds. The predicted molar refractivity (Wildman–Crippen MR) is 138 cm³/mol. The van der Waals surface area contributed by atoms with Crippen molar-refractivity contribution in [1.82, 2.24) is 15.6 Å². The Kier molecular flexibility index (Phi) is 7.97. The minimum Gasteiger partial charge on any atom is -0.507 e. The first kappa shape index (κ1) is 26.3. The number of ketones is 2. The number of carbonyl (C=O) groups excluding carboxylic acids is 4. The van der Waals surface area contributed by atoms with Crippen molar-refractivity contribution in [2.75, 3.05) is 18.5 Å². The van der Waals surface area contributed by atoms with Crippen molar-refractivity contribution >= 4 is 29.2 Å². The first-order valence-electron chi connectivity index (χ1n) is 12.1. The number of pyridine rings is 1. The Morgan fingerprint density at radius 1 is 0.763 bits per heavy atom. The van der Waals surface area contributed by atoms with E-state index in [9.17, 15) is 29.4 Å². The number of nitrogen functional groups attached to an aromatic ring is 1. The molecule has 196 valence electrons. The van der Waals surface area contributed by atoms with Gasteiger partial charge in [0, 0.05) is 36.0 Å². The lowest BCUT2D eigenvalue weighted by atomic mass is 9.82. The number of fused-ring (bicyclic) bond motifs is 2. The van der Waals surface area contributed by atoms with E-state index < -0.39 is 23.2 Å². The second kappa shape index (κ2) is 11.5. The van der Waals surface area contributed by atoms with Gasteiger partial charge in [0.05, 0.1) is 16.7 Å². The molecule has 1 aliphatic carbocycles. The lowest BCUT2D eigenvalue weighted by molar-refractivity contribution is 0.0941. The first-order chi connectivity index (χ1) is 18.3. The fourth-order valence-corrected chi connectivity index (χ4v) is 4.24. The predicted octanol–water partition coefficient (Wildman–Crippen LogP) is 2.27. The zero-order chi connectivity index (χ0) is 27.2. The summed E-state index contributed by atoms with van der Waals surface area (Å²) in [5, 5.41) is 26.1. The summed E-state index contributed by atoms with van der Waals surface area (Å²) in [7, 11) is 0. The number of hydrazine groups is 1. The Labute approximate surface area is 218 Å². The number of anilines is 1. The van der Waals surface area contributed by atoms with Crippen molar-refractivity contribution < 1.29 is 29.4 Å². The molecule has 0 unspecified atom stereocenters. The number of nitrogens with one attached hydrogen (secondary N) is 3. The number of phenolic OH excluding ortho intramolecular Hbond substituents is 2. The number of aromatic hydroxyl groups is 2. The quantitative estimate of drug-likeness (QED) is 0.104. The van der Waals surface area contributed by atoms with Gasteiger partial charge in [-0.2, -0.15) is 0 Å². The highest BCUT2D eigenvalue weighted by atomic mass is 16.3. The number of phenols is 2. The lowest BCUT2D eigenvalue weighted by Crippen LogP contribution is -2.26. The van der Waals surface area contributed by atoms with E-state index in [-0.39, 0.29) is 39.5 Å². The van der Waals surface area contributed by atoms with Crippen LogP contribution in [0, 0.1) is 0 Å². The topological polar surface area (TPSA) is 184 Å². The van der Waals surface area contributed by atoms with Crippen LogP contribution in [0.5, 0.6) is 11.5 Å². The molecule has 38 heavy (non-hydrogen) atoms. The SMILES string of the molecule is NNc1ccc(C(=O)NCCCCCCNC(=O)c2cc(O)c3c(c2)C(=O)c2cccc(O)c2C3=O)cn1. The molecular formula is C27H27N5O6. The molecule has 7 N–H and O–H groups in total. The molecule has 2 aromatic carbocycles. The Hall–Kier alpha value is -4.77. The Morgan fingerprint density at radius 2 is 1.42 bits per heavy atom. The third-order valence-electron chi connectivity index (χ3n) is 6.21. The van der Waals surface area contributed by atoms with Crippen LogP contribution in [-0.4, -0.2) is 51.7 Å². The standard InChI is InChI=1S/C27H27N5O6/c28-32-21-9-8-15(14-31-21)26(37)29-10-3-1-2-4-11-30-27(38)16-12-18-23(20(34)13-16)25(36)22-17(24(18)35)6-5-7-19(22)33/h5-9,12-14,33-34H,1-4,10-11,28H2,(H,29,37)(H,30,38)(H,31,32). The summed E-state index contributed by atoms with van der Waals surface area (Å²) in [5.74, 6) is 2.95. The first-order valence-corrected chi connectivity index (χ1v) is 12.1. The number of nitrogens with zero attached hydrogens (tertiary/aromatic N) is 1. The maximum Gasteiger partial charge on any atom is 0.252 e. The van der Waals surface area contributed by atoms with Gasteiger partial charge in [0.2, 0.25) is 5.78 Å². The number of hydrogen-bond acceptors (Lipinski definition) is 9. The molecule has 4 rings (SSSR count). The highest BCUT2D eigenvalue weighted by Crippen LogP contribution is 2.37. The maximum atomic E-state index is 12.9. The van der Waals surface area contributed by atoms with E-state index in [1.807, 2.05) is 0 Å².